The summed E-state index contributed by atoms with van der Waals surface area (Å²) in [5.74, 6) is 0.311. The van der Waals surface area contributed by atoms with Crippen molar-refractivity contribution in [3.05, 3.63) is 83.0 Å². The number of benzene rings is 1. The van der Waals surface area contributed by atoms with Gasteiger partial charge in [-0.15, -0.1) is 0 Å². The van der Waals surface area contributed by atoms with E-state index in [0.29, 0.717) is 11.4 Å². The van der Waals surface area contributed by atoms with Crippen molar-refractivity contribution in [2.24, 2.45) is 0 Å². The number of anilines is 1. The molecule has 0 aliphatic rings. The first-order chi connectivity index (χ1) is 12.2. The van der Waals surface area contributed by atoms with Gasteiger partial charge in [0.05, 0.1) is 6.54 Å². The van der Waals surface area contributed by atoms with E-state index in [0.717, 1.165) is 0 Å². The Kier molecular flexibility index (Phi) is 5.16. The second-order valence-corrected chi connectivity index (χ2v) is 5.13. The SMILES string of the molecule is O=C(Nc1ccncc1)c1ccc(=O)n(CCOc2ccccc2)n1. The molecule has 0 atom stereocenters. The molecule has 2 aromatic heterocycles. The van der Waals surface area contributed by atoms with Crippen molar-refractivity contribution in [3.63, 3.8) is 0 Å². The van der Waals surface area contributed by atoms with Crippen LogP contribution in [0, 0.1) is 0 Å². The molecule has 1 aromatic carbocycles. The average molecular weight is 336 g/mol. The Balaban J connectivity index is 1.65. The van der Waals surface area contributed by atoms with E-state index in [1.807, 2.05) is 30.3 Å². The molecule has 25 heavy (non-hydrogen) atoms. The third kappa shape index (κ3) is 4.51. The van der Waals surface area contributed by atoms with Crippen LogP contribution in [0.4, 0.5) is 5.69 Å². The molecule has 3 rings (SSSR count). The molecular formula is C18H16N4O3. The highest BCUT2D eigenvalue weighted by Crippen LogP contribution is 2.08. The molecular weight excluding hydrogens is 320 g/mol. The molecule has 2 heterocycles. The van der Waals surface area contributed by atoms with Crippen LogP contribution in [0.15, 0.2) is 71.8 Å². The first-order valence-corrected chi connectivity index (χ1v) is 7.70. The van der Waals surface area contributed by atoms with E-state index < -0.39 is 5.91 Å². The topological polar surface area (TPSA) is 86.1 Å². The Morgan fingerprint density at radius 1 is 1.04 bits per heavy atom. The Hall–Kier alpha value is -3.48. The van der Waals surface area contributed by atoms with Gasteiger partial charge in [-0.05, 0) is 30.3 Å². The van der Waals surface area contributed by atoms with Gasteiger partial charge in [-0.1, -0.05) is 18.2 Å². The molecule has 7 nitrogen and oxygen atoms in total. The number of para-hydroxylation sites is 1. The second kappa shape index (κ2) is 7.87. The van der Waals surface area contributed by atoms with Crippen molar-refractivity contribution >= 4 is 11.6 Å². The van der Waals surface area contributed by atoms with Crippen LogP contribution in [-0.2, 0) is 6.54 Å². The van der Waals surface area contributed by atoms with Crippen molar-refractivity contribution in [1.29, 1.82) is 0 Å². The molecule has 1 N–H and O–H groups in total. The van der Waals surface area contributed by atoms with Gasteiger partial charge in [0, 0.05) is 24.1 Å². The Bertz CT molecular complexity index is 895. The zero-order valence-corrected chi connectivity index (χ0v) is 13.3. The zero-order valence-electron chi connectivity index (χ0n) is 13.3. The van der Waals surface area contributed by atoms with Crippen molar-refractivity contribution in [1.82, 2.24) is 14.8 Å². The highest BCUT2D eigenvalue weighted by atomic mass is 16.5. The standard InChI is InChI=1S/C18H16N4O3/c23-17-7-6-16(18(24)20-14-8-10-19-11-9-14)21-22(17)12-13-25-15-4-2-1-3-5-15/h1-11H,12-13H2,(H,19,20,24). The molecule has 0 unspecified atom stereocenters. The fourth-order valence-electron chi connectivity index (χ4n) is 2.13. The second-order valence-electron chi connectivity index (χ2n) is 5.13. The molecule has 0 fully saturated rings. The van der Waals surface area contributed by atoms with Gasteiger partial charge < -0.3 is 10.1 Å². The van der Waals surface area contributed by atoms with Gasteiger partial charge in [0.1, 0.15) is 18.1 Å². The van der Waals surface area contributed by atoms with Crippen molar-refractivity contribution in [3.8, 4) is 5.75 Å². The van der Waals surface area contributed by atoms with E-state index >= 15 is 0 Å². The predicted molar refractivity (Wildman–Crippen MR) is 92.6 cm³/mol. The predicted octanol–water partition coefficient (Wildman–Crippen LogP) is 1.97. The summed E-state index contributed by atoms with van der Waals surface area (Å²) in [5.41, 5.74) is 0.459. The Morgan fingerprint density at radius 3 is 2.56 bits per heavy atom. The smallest absolute Gasteiger partial charge is 0.276 e. The van der Waals surface area contributed by atoms with E-state index in [-0.39, 0.29) is 24.4 Å². The first kappa shape index (κ1) is 16.4. The number of ether oxygens (including phenoxy) is 1. The van der Waals surface area contributed by atoms with Gasteiger partial charge >= 0.3 is 0 Å². The number of aromatic nitrogens is 3. The van der Waals surface area contributed by atoms with Gasteiger partial charge in [0.15, 0.2) is 0 Å². The number of nitrogens with one attached hydrogen (secondary N) is 1. The molecule has 0 spiro atoms. The van der Waals surface area contributed by atoms with Gasteiger partial charge in [-0.2, -0.15) is 5.10 Å². The fourth-order valence-corrected chi connectivity index (χ4v) is 2.13. The van der Waals surface area contributed by atoms with Gasteiger partial charge in [0.25, 0.3) is 11.5 Å². The number of hydrogen-bond donors (Lipinski definition) is 1. The zero-order chi connectivity index (χ0) is 17.5. The normalized spacial score (nSPS) is 10.2. The van der Waals surface area contributed by atoms with Crippen LogP contribution < -0.4 is 15.6 Å². The minimum atomic E-state index is -0.399. The minimum Gasteiger partial charge on any atom is -0.492 e. The number of amides is 1. The van der Waals surface area contributed by atoms with Gasteiger partial charge in [-0.3, -0.25) is 14.6 Å². The molecule has 0 aliphatic heterocycles. The molecule has 0 saturated carbocycles. The summed E-state index contributed by atoms with van der Waals surface area (Å²) in [6.07, 6.45) is 3.15. The summed E-state index contributed by atoms with van der Waals surface area (Å²) >= 11 is 0. The van der Waals surface area contributed by atoms with Gasteiger partial charge in [-0.25, -0.2) is 4.68 Å². The Morgan fingerprint density at radius 2 is 1.80 bits per heavy atom. The number of nitrogens with zero attached hydrogens (tertiary/aromatic N) is 3. The number of hydrogen-bond acceptors (Lipinski definition) is 5. The van der Waals surface area contributed by atoms with E-state index in [1.54, 1.807) is 24.5 Å². The van der Waals surface area contributed by atoms with Crippen molar-refractivity contribution in [2.75, 3.05) is 11.9 Å². The quantitative estimate of drug-likeness (QED) is 0.744. The molecule has 126 valence electrons. The van der Waals surface area contributed by atoms with Crippen LogP contribution >= 0.6 is 0 Å². The van der Waals surface area contributed by atoms with Crippen LogP contribution in [0.3, 0.4) is 0 Å². The maximum atomic E-state index is 12.2. The molecule has 0 bridgehead atoms. The largest absolute Gasteiger partial charge is 0.492 e. The molecule has 7 heteroatoms. The third-order valence-electron chi connectivity index (χ3n) is 3.35. The monoisotopic (exact) mass is 336 g/mol. The summed E-state index contributed by atoms with van der Waals surface area (Å²) in [6, 6.07) is 15.3. The maximum absolute atomic E-state index is 12.2. The van der Waals surface area contributed by atoms with E-state index in [4.69, 9.17) is 4.74 Å². The van der Waals surface area contributed by atoms with Crippen LogP contribution in [-0.4, -0.2) is 27.3 Å². The molecule has 1 amide bonds. The van der Waals surface area contributed by atoms with E-state index in [1.165, 1.54) is 16.8 Å². The van der Waals surface area contributed by atoms with E-state index in [2.05, 4.69) is 15.4 Å². The highest BCUT2D eigenvalue weighted by Gasteiger charge is 2.10. The number of rotatable bonds is 6. The molecule has 3 aromatic rings. The lowest BCUT2D eigenvalue weighted by molar-refractivity contribution is 0.101. The summed E-state index contributed by atoms with van der Waals surface area (Å²) in [7, 11) is 0. The third-order valence-corrected chi connectivity index (χ3v) is 3.35. The highest BCUT2D eigenvalue weighted by molar-refractivity contribution is 6.02. The lowest BCUT2D eigenvalue weighted by Crippen LogP contribution is -2.28. The summed E-state index contributed by atoms with van der Waals surface area (Å²) in [5, 5.41) is 6.79. The number of carbonyl (C=O) groups excluding carboxylic acids is 1. The minimum absolute atomic E-state index is 0.149. The molecule has 0 saturated heterocycles. The summed E-state index contributed by atoms with van der Waals surface area (Å²) in [6.45, 7) is 0.510. The van der Waals surface area contributed by atoms with E-state index in [9.17, 15) is 9.59 Å². The lowest BCUT2D eigenvalue weighted by atomic mass is 10.3. The lowest BCUT2D eigenvalue weighted by Gasteiger charge is -2.09. The van der Waals surface area contributed by atoms with Crippen LogP contribution in [0.2, 0.25) is 0 Å². The molecule has 0 aliphatic carbocycles. The van der Waals surface area contributed by atoms with Crippen molar-refractivity contribution in [2.45, 2.75) is 6.54 Å². The molecule has 0 radical (unpaired) electrons. The fraction of sp³-hybridized carbons (Fsp3) is 0.111. The van der Waals surface area contributed by atoms with Gasteiger partial charge in [0.2, 0.25) is 0 Å². The van der Waals surface area contributed by atoms with Crippen LogP contribution in [0.5, 0.6) is 5.75 Å². The number of carbonyl (C=O) groups is 1. The number of pyridine rings is 1. The summed E-state index contributed by atoms with van der Waals surface area (Å²) in [4.78, 5) is 28.0. The summed E-state index contributed by atoms with van der Waals surface area (Å²) < 4.78 is 6.77. The maximum Gasteiger partial charge on any atom is 0.276 e. The van der Waals surface area contributed by atoms with Crippen LogP contribution in [0.1, 0.15) is 10.5 Å². The average Bonchev–Trinajstić information content (AvgIpc) is 2.65. The Labute approximate surface area is 143 Å². The van der Waals surface area contributed by atoms with Crippen LogP contribution in [0.25, 0.3) is 0 Å². The first-order valence-electron chi connectivity index (χ1n) is 7.70. The van der Waals surface area contributed by atoms with Crippen molar-refractivity contribution < 1.29 is 9.53 Å².